The van der Waals surface area contributed by atoms with E-state index >= 15 is 0 Å². The van der Waals surface area contributed by atoms with Gasteiger partial charge in [-0.05, 0) is 42.8 Å². The second-order valence-corrected chi connectivity index (χ2v) is 7.25. The van der Waals surface area contributed by atoms with Crippen LogP contribution in [0.3, 0.4) is 0 Å². The number of nitrogens with zero attached hydrogens (tertiary/aromatic N) is 3. The third-order valence-electron chi connectivity index (χ3n) is 5.14. The summed E-state index contributed by atoms with van der Waals surface area (Å²) < 4.78 is 84.7. The Morgan fingerprint density at radius 3 is 2.33 bits per heavy atom. The Labute approximate surface area is 182 Å². The third-order valence-corrected chi connectivity index (χ3v) is 5.14. The van der Waals surface area contributed by atoms with Gasteiger partial charge in [-0.1, -0.05) is 6.07 Å². The molecule has 2 aromatic heterocycles. The minimum atomic E-state index is -4.96. The van der Waals surface area contributed by atoms with E-state index in [0.29, 0.717) is 0 Å². The first-order valence-corrected chi connectivity index (χ1v) is 9.45. The van der Waals surface area contributed by atoms with Crippen molar-refractivity contribution in [2.75, 3.05) is 0 Å². The van der Waals surface area contributed by atoms with Gasteiger partial charge in [0.2, 0.25) is 0 Å². The highest BCUT2D eigenvalue weighted by molar-refractivity contribution is 6.01. The van der Waals surface area contributed by atoms with E-state index in [1.54, 1.807) is 0 Å². The Morgan fingerprint density at radius 1 is 1.06 bits per heavy atom. The molecule has 2 aromatic carbocycles. The normalized spacial score (nSPS) is 11.8. The summed E-state index contributed by atoms with van der Waals surface area (Å²) in [6.07, 6.45) is -4.96. The highest BCUT2D eigenvalue weighted by atomic mass is 19.4. The average molecular weight is 464 g/mol. The standard InChI is InChI=1S/C22H14F6N4O/c1-10-19(13-8-18(21(29)33)30-17-7-11(23)5-6-12(13)17)20(22(26,27)28)31-32(10)9-14-15(24)3-2-4-16(14)25/h2-8H,9H2,1H3,(H2,29,33). The summed E-state index contributed by atoms with van der Waals surface area (Å²) in [6, 6.07) is 7.33. The number of hydrogen-bond acceptors (Lipinski definition) is 3. The Morgan fingerprint density at radius 2 is 1.73 bits per heavy atom. The SMILES string of the molecule is Cc1c(-c2cc(C(N)=O)nc3cc(F)ccc23)c(C(F)(F)F)nn1Cc1c(F)cccc1F. The number of amides is 1. The molecule has 0 unspecified atom stereocenters. The van der Waals surface area contributed by atoms with Crippen LogP contribution in [0, 0.1) is 24.4 Å². The number of halogens is 6. The third kappa shape index (κ3) is 4.01. The molecule has 4 rings (SSSR count). The number of alkyl halides is 3. The van der Waals surface area contributed by atoms with Gasteiger partial charge in [-0.15, -0.1) is 0 Å². The molecule has 4 aromatic rings. The zero-order valence-corrected chi connectivity index (χ0v) is 16.8. The van der Waals surface area contributed by atoms with Crippen LogP contribution in [0.25, 0.3) is 22.0 Å². The predicted octanol–water partition coefficient (Wildman–Crippen LogP) is 4.99. The van der Waals surface area contributed by atoms with E-state index in [9.17, 15) is 31.1 Å². The molecule has 0 aliphatic rings. The number of rotatable bonds is 4. The van der Waals surface area contributed by atoms with E-state index in [-0.39, 0.29) is 27.9 Å². The maximum Gasteiger partial charge on any atom is 0.435 e. The van der Waals surface area contributed by atoms with Crippen molar-refractivity contribution in [3.63, 3.8) is 0 Å². The van der Waals surface area contributed by atoms with Crippen LogP contribution in [0.4, 0.5) is 26.3 Å². The van der Waals surface area contributed by atoms with Crippen molar-refractivity contribution in [1.29, 1.82) is 0 Å². The molecular formula is C22H14F6N4O. The molecule has 2 N–H and O–H groups in total. The van der Waals surface area contributed by atoms with Crippen LogP contribution < -0.4 is 5.73 Å². The second kappa shape index (κ2) is 7.91. The maximum atomic E-state index is 14.1. The fraction of sp³-hybridized carbons (Fsp3) is 0.136. The number of carbonyl (C=O) groups excluding carboxylic acids is 1. The molecule has 0 aliphatic carbocycles. The zero-order valence-electron chi connectivity index (χ0n) is 16.8. The van der Waals surface area contributed by atoms with Crippen molar-refractivity contribution >= 4 is 16.8 Å². The molecule has 5 nitrogen and oxygen atoms in total. The summed E-state index contributed by atoms with van der Waals surface area (Å²) in [6.45, 7) is 0.670. The molecule has 0 saturated heterocycles. The van der Waals surface area contributed by atoms with E-state index in [2.05, 4.69) is 10.1 Å². The van der Waals surface area contributed by atoms with E-state index in [1.165, 1.54) is 13.0 Å². The molecular weight excluding hydrogens is 450 g/mol. The van der Waals surface area contributed by atoms with Crippen LogP contribution >= 0.6 is 0 Å². The summed E-state index contributed by atoms with van der Waals surface area (Å²) in [5.41, 5.74) is 2.32. The van der Waals surface area contributed by atoms with Gasteiger partial charge in [0.25, 0.3) is 5.91 Å². The molecule has 33 heavy (non-hydrogen) atoms. The quantitative estimate of drug-likeness (QED) is 0.433. The van der Waals surface area contributed by atoms with Gasteiger partial charge in [-0.3, -0.25) is 9.48 Å². The fourth-order valence-electron chi connectivity index (χ4n) is 3.59. The Hall–Kier alpha value is -3.89. The molecule has 2 heterocycles. The molecule has 0 atom stereocenters. The van der Waals surface area contributed by atoms with Gasteiger partial charge in [0.15, 0.2) is 5.69 Å². The van der Waals surface area contributed by atoms with Crippen LogP contribution in [0.1, 0.15) is 27.4 Å². The zero-order chi connectivity index (χ0) is 24.1. The lowest BCUT2D eigenvalue weighted by molar-refractivity contribution is -0.141. The summed E-state index contributed by atoms with van der Waals surface area (Å²) in [5.74, 6) is -3.64. The molecule has 170 valence electrons. The lowest BCUT2D eigenvalue weighted by Gasteiger charge is -2.12. The minimum absolute atomic E-state index is 0.0859. The van der Waals surface area contributed by atoms with Crippen LogP contribution in [0.2, 0.25) is 0 Å². The monoisotopic (exact) mass is 464 g/mol. The van der Waals surface area contributed by atoms with Gasteiger partial charge in [-0.25, -0.2) is 18.2 Å². The van der Waals surface area contributed by atoms with Gasteiger partial charge in [0.05, 0.1) is 12.1 Å². The largest absolute Gasteiger partial charge is 0.435 e. The van der Waals surface area contributed by atoms with Crippen LogP contribution in [-0.4, -0.2) is 20.7 Å². The van der Waals surface area contributed by atoms with Crippen molar-refractivity contribution < 1.29 is 31.1 Å². The van der Waals surface area contributed by atoms with Crippen molar-refractivity contribution in [3.05, 3.63) is 82.6 Å². The van der Waals surface area contributed by atoms with Gasteiger partial charge in [0, 0.05) is 28.3 Å². The van der Waals surface area contributed by atoms with Crippen LogP contribution in [-0.2, 0) is 12.7 Å². The first kappa shape index (κ1) is 22.3. The second-order valence-electron chi connectivity index (χ2n) is 7.25. The Bertz CT molecular complexity index is 1390. The van der Waals surface area contributed by atoms with E-state index < -0.39 is 52.9 Å². The maximum absolute atomic E-state index is 14.1. The number of fused-ring (bicyclic) bond motifs is 1. The van der Waals surface area contributed by atoms with Gasteiger partial charge < -0.3 is 5.73 Å². The predicted molar refractivity (Wildman–Crippen MR) is 107 cm³/mol. The summed E-state index contributed by atoms with van der Waals surface area (Å²) in [4.78, 5) is 15.7. The van der Waals surface area contributed by atoms with Gasteiger partial charge in [0.1, 0.15) is 23.1 Å². The fourth-order valence-corrected chi connectivity index (χ4v) is 3.59. The topological polar surface area (TPSA) is 73.8 Å². The number of benzene rings is 2. The summed E-state index contributed by atoms with van der Waals surface area (Å²) in [7, 11) is 0. The average Bonchev–Trinajstić information content (AvgIpc) is 3.06. The lowest BCUT2D eigenvalue weighted by atomic mass is 9.97. The van der Waals surface area contributed by atoms with Crippen molar-refractivity contribution in [2.24, 2.45) is 5.73 Å². The molecule has 1 amide bonds. The Balaban J connectivity index is 2.02. The molecule has 0 radical (unpaired) electrons. The van der Waals surface area contributed by atoms with Gasteiger partial charge in [-0.2, -0.15) is 18.3 Å². The Kier molecular flexibility index (Phi) is 5.35. The molecule has 0 bridgehead atoms. The number of hydrogen-bond donors (Lipinski definition) is 1. The van der Waals surface area contributed by atoms with E-state index in [0.717, 1.165) is 41.1 Å². The number of primary amides is 1. The highest BCUT2D eigenvalue weighted by Crippen LogP contribution is 2.41. The number of nitrogens with two attached hydrogens (primary N) is 1. The number of pyridine rings is 1. The summed E-state index contributed by atoms with van der Waals surface area (Å²) in [5, 5.41) is 3.68. The van der Waals surface area contributed by atoms with Crippen molar-refractivity contribution in [3.8, 4) is 11.1 Å². The molecule has 0 aliphatic heterocycles. The van der Waals surface area contributed by atoms with Crippen LogP contribution in [0.15, 0.2) is 42.5 Å². The number of aromatic nitrogens is 3. The van der Waals surface area contributed by atoms with Crippen molar-refractivity contribution in [1.82, 2.24) is 14.8 Å². The molecule has 0 spiro atoms. The lowest BCUT2D eigenvalue weighted by Crippen LogP contribution is -2.14. The van der Waals surface area contributed by atoms with E-state index in [4.69, 9.17) is 5.73 Å². The van der Waals surface area contributed by atoms with Crippen LogP contribution in [0.5, 0.6) is 0 Å². The van der Waals surface area contributed by atoms with E-state index in [1.807, 2.05) is 0 Å². The van der Waals surface area contributed by atoms with Crippen molar-refractivity contribution in [2.45, 2.75) is 19.6 Å². The first-order valence-electron chi connectivity index (χ1n) is 9.45. The minimum Gasteiger partial charge on any atom is -0.364 e. The first-order chi connectivity index (χ1) is 15.5. The molecule has 0 fully saturated rings. The number of carbonyl (C=O) groups is 1. The molecule has 11 heteroatoms. The molecule has 0 saturated carbocycles. The van der Waals surface area contributed by atoms with Gasteiger partial charge >= 0.3 is 6.18 Å². The highest BCUT2D eigenvalue weighted by Gasteiger charge is 2.39. The smallest absolute Gasteiger partial charge is 0.364 e. The summed E-state index contributed by atoms with van der Waals surface area (Å²) >= 11 is 0.